The van der Waals surface area contributed by atoms with Crippen molar-refractivity contribution in [2.24, 2.45) is 7.05 Å². The molecule has 0 bridgehead atoms. The maximum atomic E-state index is 14.0. The molecule has 2 aromatic heterocycles. The summed E-state index contributed by atoms with van der Waals surface area (Å²) in [6.45, 7) is 1.57. The summed E-state index contributed by atoms with van der Waals surface area (Å²) in [5, 5.41) is 8.23. The van der Waals surface area contributed by atoms with Crippen molar-refractivity contribution in [3.8, 4) is 28.3 Å². The zero-order chi connectivity index (χ0) is 24.5. The molecule has 1 amide bonds. The molecule has 2 heterocycles. The van der Waals surface area contributed by atoms with Crippen LogP contribution < -0.4 is 10.1 Å². The van der Waals surface area contributed by atoms with Crippen molar-refractivity contribution in [3.05, 3.63) is 90.1 Å². The van der Waals surface area contributed by atoms with Gasteiger partial charge in [-0.3, -0.25) is 9.48 Å². The highest BCUT2D eigenvalue weighted by atomic mass is 19.1. The molecule has 0 spiro atoms. The summed E-state index contributed by atoms with van der Waals surface area (Å²) in [4.78, 5) is 22.0. The highest BCUT2D eigenvalue weighted by molar-refractivity contribution is 6.08. The SMILES string of the molecule is COc1cc2ncnc(-c3cn(C)nc3-c3ccccc3)c2cc1NC(=O)c1cccc(F)c1C. The maximum absolute atomic E-state index is 14.0. The molecule has 0 fully saturated rings. The van der Waals surface area contributed by atoms with E-state index in [4.69, 9.17) is 4.74 Å². The molecule has 0 unspecified atom stereocenters. The normalized spacial score (nSPS) is 11.0. The lowest BCUT2D eigenvalue weighted by Gasteiger charge is -2.14. The van der Waals surface area contributed by atoms with Crippen molar-refractivity contribution >= 4 is 22.5 Å². The van der Waals surface area contributed by atoms with E-state index < -0.39 is 11.7 Å². The zero-order valence-electron chi connectivity index (χ0n) is 19.4. The van der Waals surface area contributed by atoms with Crippen molar-refractivity contribution in [1.82, 2.24) is 19.7 Å². The Kier molecular flexibility index (Phi) is 5.70. The summed E-state index contributed by atoms with van der Waals surface area (Å²) in [6, 6.07) is 17.8. The van der Waals surface area contributed by atoms with Gasteiger partial charge in [0.05, 0.1) is 24.0 Å². The minimum absolute atomic E-state index is 0.246. The van der Waals surface area contributed by atoms with Gasteiger partial charge in [0.15, 0.2) is 0 Å². The smallest absolute Gasteiger partial charge is 0.256 e. The minimum atomic E-state index is -0.441. The second-order valence-electron chi connectivity index (χ2n) is 8.09. The number of carbonyl (C=O) groups is 1. The molecule has 7 nitrogen and oxygen atoms in total. The van der Waals surface area contributed by atoms with Crippen molar-refractivity contribution in [2.45, 2.75) is 6.92 Å². The van der Waals surface area contributed by atoms with E-state index in [2.05, 4.69) is 20.4 Å². The van der Waals surface area contributed by atoms with Crippen molar-refractivity contribution in [2.75, 3.05) is 12.4 Å². The third-order valence-corrected chi connectivity index (χ3v) is 5.85. The Labute approximate surface area is 201 Å². The number of carbonyl (C=O) groups excluding carboxylic acids is 1. The molecule has 35 heavy (non-hydrogen) atoms. The Morgan fingerprint density at radius 3 is 2.60 bits per heavy atom. The molecule has 0 atom stereocenters. The molecule has 5 rings (SSSR count). The van der Waals surface area contributed by atoms with Crippen molar-refractivity contribution < 1.29 is 13.9 Å². The number of amides is 1. The fraction of sp³-hybridized carbons (Fsp3) is 0.111. The first kappa shape index (κ1) is 22.2. The number of halogens is 1. The van der Waals surface area contributed by atoms with Gasteiger partial charge in [-0.2, -0.15) is 5.10 Å². The molecule has 174 valence electrons. The number of aryl methyl sites for hydroxylation is 1. The quantitative estimate of drug-likeness (QED) is 0.374. The Balaban J connectivity index is 1.64. The van der Waals surface area contributed by atoms with Gasteiger partial charge >= 0.3 is 0 Å². The van der Waals surface area contributed by atoms with Crippen LogP contribution in [0.4, 0.5) is 10.1 Å². The highest BCUT2D eigenvalue weighted by Crippen LogP contribution is 2.37. The Hall–Kier alpha value is -4.59. The van der Waals surface area contributed by atoms with Crippen LogP contribution in [0.2, 0.25) is 0 Å². The van der Waals surface area contributed by atoms with Crippen molar-refractivity contribution in [1.29, 1.82) is 0 Å². The van der Waals surface area contributed by atoms with Crippen LogP contribution in [-0.2, 0) is 7.05 Å². The number of nitrogens with one attached hydrogen (secondary N) is 1. The number of rotatable bonds is 5. The van der Waals surface area contributed by atoms with Crippen LogP contribution in [0.1, 0.15) is 15.9 Å². The molecule has 0 saturated carbocycles. The van der Waals surface area contributed by atoms with E-state index in [0.29, 0.717) is 28.0 Å². The summed E-state index contributed by atoms with van der Waals surface area (Å²) in [5.41, 5.74) is 4.83. The van der Waals surface area contributed by atoms with Crippen LogP contribution in [0.5, 0.6) is 5.75 Å². The molecule has 1 N–H and O–H groups in total. The van der Waals surface area contributed by atoms with Gasteiger partial charge in [-0.1, -0.05) is 36.4 Å². The van der Waals surface area contributed by atoms with Crippen LogP contribution in [0.15, 0.2) is 73.2 Å². The number of fused-ring (bicyclic) bond motifs is 1. The number of hydrogen-bond donors (Lipinski definition) is 1. The van der Waals surface area contributed by atoms with E-state index >= 15 is 0 Å². The van der Waals surface area contributed by atoms with Crippen molar-refractivity contribution in [3.63, 3.8) is 0 Å². The number of methoxy groups -OCH3 is 1. The lowest BCUT2D eigenvalue weighted by atomic mass is 10.0. The maximum Gasteiger partial charge on any atom is 0.256 e. The third kappa shape index (κ3) is 4.10. The van der Waals surface area contributed by atoms with E-state index in [1.165, 1.54) is 25.6 Å². The van der Waals surface area contributed by atoms with Crippen LogP contribution >= 0.6 is 0 Å². The number of aromatic nitrogens is 4. The monoisotopic (exact) mass is 467 g/mol. The van der Waals surface area contributed by atoms with Gasteiger partial charge in [0, 0.05) is 41.4 Å². The average molecular weight is 468 g/mol. The highest BCUT2D eigenvalue weighted by Gasteiger charge is 2.19. The van der Waals surface area contributed by atoms with E-state index in [1.54, 1.807) is 29.8 Å². The standard InChI is InChI=1S/C27H22FN5O2/c1-16-18(10-7-11-21(16)28)27(34)31-23-12-19-22(13-24(23)35-3)29-15-30-26(19)20-14-33(2)32-25(20)17-8-5-4-6-9-17/h4-15H,1-3H3,(H,31,34). The summed E-state index contributed by atoms with van der Waals surface area (Å²) in [5.74, 6) is -0.452. The fourth-order valence-corrected chi connectivity index (χ4v) is 4.08. The fourth-order valence-electron chi connectivity index (χ4n) is 4.08. The van der Waals surface area contributed by atoms with Crippen LogP contribution in [0.3, 0.4) is 0 Å². The van der Waals surface area contributed by atoms with Gasteiger partial charge in [0.25, 0.3) is 5.91 Å². The lowest BCUT2D eigenvalue weighted by Crippen LogP contribution is -2.14. The van der Waals surface area contributed by atoms with E-state index in [1.807, 2.05) is 43.6 Å². The second kappa shape index (κ2) is 8.98. The molecule has 3 aromatic carbocycles. The summed E-state index contributed by atoms with van der Waals surface area (Å²) < 4.78 is 21.3. The van der Waals surface area contributed by atoms with Gasteiger partial charge in [-0.15, -0.1) is 0 Å². The average Bonchev–Trinajstić information content (AvgIpc) is 3.26. The lowest BCUT2D eigenvalue weighted by molar-refractivity contribution is 0.102. The predicted molar refractivity (Wildman–Crippen MR) is 133 cm³/mol. The Bertz CT molecular complexity index is 1560. The molecule has 0 saturated heterocycles. The number of anilines is 1. The number of ether oxygens (including phenoxy) is 1. The number of benzene rings is 3. The number of hydrogen-bond acceptors (Lipinski definition) is 5. The number of nitrogens with zero attached hydrogens (tertiary/aromatic N) is 4. The van der Waals surface area contributed by atoms with E-state index in [0.717, 1.165) is 16.8 Å². The molecule has 8 heteroatoms. The first-order chi connectivity index (χ1) is 17.0. The predicted octanol–water partition coefficient (Wildman–Crippen LogP) is 5.41. The molecule has 0 aliphatic heterocycles. The molecular formula is C27H22FN5O2. The topological polar surface area (TPSA) is 81.9 Å². The molecule has 0 aliphatic rings. The van der Waals surface area contributed by atoms with Crippen LogP contribution in [0.25, 0.3) is 33.4 Å². The van der Waals surface area contributed by atoms with Gasteiger partial charge in [-0.25, -0.2) is 14.4 Å². The largest absolute Gasteiger partial charge is 0.494 e. The van der Waals surface area contributed by atoms with Gasteiger partial charge < -0.3 is 10.1 Å². The van der Waals surface area contributed by atoms with Crippen LogP contribution in [0, 0.1) is 12.7 Å². The molecule has 0 radical (unpaired) electrons. The van der Waals surface area contributed by atoms with Gasteiger partial charge in [0.1, 0.15) is 23.6 Å². The van der Waals surface area contributed by atoms with E-state index in [9.17, 15) is 9.18 Å². The van der Waals surface area contributed by atoms with E-state index in [-0.39, 0.29) is 11.1 Å². The molecule has 0 aliphatic carbocycles. The molecular weight excluding hydrogens is 445 g/mol. The minimum Gasteiger partial charge on any atom is -0.494 e. The third-order valence-electron chi connectivity index (χ3n) is 5.85. The first-order valence-corrected chi connectivity index (χ1v) is 10.9. The summed E-state index contributed by atoms with van der Waals surface area (Å²) >= 11 is 0. The second-order valence-corrected chi connectivity index (χ2v) is 8.09. The van der Waals surface area contributed by atoms with Gasteiger partial charge in [-0.05, 0) is 30.7 Å². The first-order valence-electron chi connectivity index (χ1n) is 10.9. The Morgan fingerprint density at radius 1 is 1.03 bits per heavy atom. The summed E-state index contributed by atoms with van der Waals surface area (Å²) in [6.07, 6.45) is 3.40. The van der Waals surface area contributed by atoms with Gasteiger partial charge in [0.2, 0.25) is 0 Å². The van der Waals surface area contributed by atoms with Crippen LogP contribution in [-0.4, -0.2) is 32.8 Å². The zero-order valence-corrected chi connectivity index (χ0v) is 19.4. The Morgan fingerprint density at radius 2 is 1.83 bits per heavy atom. The summed E-state index contributed by atoms with van der Waals surface area (Å²) in [7, 11) is 3.37. The molecule has 5 aromatic rings.